The first-order valence-electron chi connectivity index (χ1n) is 8.55. The highest BCUT2D eigenvalue weighted by atomic mass is 16.6. The van der Waals surface area contributed by atoms with Crippen LogP contribution in [0, 0.1) is 0 Å². The number of carbonyl (C=O) groups is 1. The van der Waals surface area contributed by atoms with Crippen LogP contribution in [0.15, 0.2) is 47.1 Å². The quantitative estimate of drug-likeness (QED) is 0.605. The third-order valence-corrected chi connectivity index (χ3v) is 4.47. The summed E-state index contributed by atoms with van der Waals surface area (Å²) in [6.45, 7) is 1.50. The van der Waals surface area contributed by atoms with Gasteiger partial charge in [0.2, 0.25) is 0 Å². The molecule has 2 heterocycles. The Bertz CT molecular complexity index is 731. The highest BCUT2D eigenvalue weighted by molar-refractivity contribution is 5.94. The maximum Gasteiger partial charge on any atom is 0.254 e. The Kier molecular flexibility index (Phi) is 5.73. The van der Waals surface area contributed by atoms with Crippen molar-refractivity contribution in [2.24, 2.45) is 0 Å². The number of nitrogens with one attached hydrogen (secondary N) is 1. The van der Waals surface area contributed by atoms with Gasteiger partial charge in [-0.3, -0.25) is 4.79 Å². The van der Waals surface area contributed by atoms with Gasteiger partial charge >= 0.3 is 0 Å². The average molecular weight is 361 g/mol. The molecule has 1 saturated heterocycles. The van der Waals surface area contributed by atoms with Crippen LogP contribution in [-0.2, 0) is 11.2 Å². The van der Waals surface area contributed by atoms with Crippen LogP contribution < -0.4 is 5.32 Å². The molecule has 4 N–H and O–H groups in total. The molecule has 140 valence electrons. The summed E-state index contributed by atoms with van der Waals surface area (Å²) in [6.07, 6.45) is -2.26. The number of ether oxygens (including phenoxy) is 1. The molecule has 7 heteroatoms. The van der Waals surface area contributed by atoms with E-state index in [0.29, 0.717) is 12.0 Å². The topological polar surface area (TPSA) is 112 Å². The molecule has 7 nitrogen and oxygen atoms in total. The Morgan fingerprint density at radius 3 is 2.62 bits per heavy atom. The van der Waals surface area contributed by atoms with E-state index >= 15 is 0 Å². The third kappa shape index (κ3) is 3.96. The van der Waals surface area contributed by atoms with E-state index in [1.54, 1.807) is 0 Å². The lowest BCUT2D eigenvalue weighted by Gasteiger charge is -2.13. The predicted octanol–water partition coefficient (Wildman–Crippen LogP) is 0.795. The Labute approximate surface area is 151 Å². The van der Waals surface area contributed by atoms with E-state index in [2.05, 4.69) is 5.32 Å². The molecule has 1 aromatic heterocycles. The van der Waals surface area contributed by atoms with Gasteiger partial charge in [-0.1, -0.05) is 30.3 Å². The number of amides is 1. The van der Waals surface area contributed by atoms with E-state index in [0.717, 1.165) is 5.56 Å². The molecule has 0 saturated carbocycles. The number of furan rings is 1. The van der Waals surface area contributed by atoms with Crippen LogP contribution in [0.3, 0.4) is 0 Å². The summed E-state index contributed by atoms with van der Waals surface area (Å²) in [6, 6.07) is 11.3. The standard InChI is InChI=1S/C19H23NO6/c1-11(7-12-5-3-2-4-6-12)20-19(24)13-8-14(25-10-13)18-17(23)16(22)15(9-21)26-18/h2-6,8,10-11,15-18,21-23H,7,9H2,1H3,(H,20,24)/t11-,15+,16+,17+,18-/m0/s1. The van der Waals surface area contributed by atoms with Crippen molar-refractivity contribution in [1.29, 1.82) is 0 Å². The monoisotopic (exact) mass is 361 g/mol. The molecule has 1 aliphatic rings. The maximum absolute atomic E-state index is 12.4. The fourth-order valence-corrected chi connectivity index (χ4v) is 3.08. The normalized spacial score (nSPS) is 26.6. The average Bonchev–Trinajstić information content (AvgIpc) is 3.22. The summed E-state index contributed by atoms with van der Waals surface area (Å²) >= 11 is 0. The van der Waals surface area contributed by atoms with Crippen LogP contribution in [0.2, 0.25) is 0 Å². The smallest absolute Gasteiger partial charge is 0.254 e. The molecule has 3 rings (SSSR count). The molecular formula is C19H23NO6. The van der Waals surface area contributed by atoms with Crippen LogP contribution in [0.25, 0.3) is 0 Å². The van der Waals surface area contributed by atoms with Crippen molar-refractivity contribution in [1.82, 2.24) is 5.32 Å². The molecule has 0 spiro atoms. The van der Waals surface area contributed by atoms with Gasteiger partial charge in [-0.15, -0.1) is 0 Å². The van der Waals surface area contributed by atoms with Gasteiger partial charge in [0.25, 0.3) is 5.91 Å². The summed E-state index contributed by atoms with van der Waals surface area (Å²) in [5.41, 5.74) is 1.43. The second-order valence-corrected chi connectivity index (χ2v) is 6.56. The van der Waals surface area contributed by atoms with E-state index < -0.39 is 31.0 Å². The second-order valence-electron chi connectivity index (χ2n) is 6.56. The fourth-order valence-electron chi connectivity index (χ4n) is 3.08. The van der Waals surface area contributed by atoms with Gasteiger partial charge in [-0.2, -0.15) is 0 Å². The molecule has 0 aliphatic carbocycles. The van der Waals surface area contributed by atoms with Gasteiger partial charge in [0.1, 0.15) is 36.4 Å². The van der Waals surface area contributed by atoms with Crippen molar-refractivity contribution in [3.63, 3.8) is 0 Å². The van der Waals surface area contributed by atoms with E-state index in [9.17, 15) is 15.0 Å². The van der Waals surface area contributed by atoms with Gasteiger partial charge in [0.05, 0.1) is 12.2 Å². The SMILES string of the molecule is C[C@@H](Cc1ccccc1)NC(=O)c1coc([C@@H]2O[C@H](CO)[C@@H](O)[C@H]2O)c1. The van der Waals surface area contributed by atoms with Crippen molar-refractivity contribution in [2.45, 2.75) is 43.8 Å². The number of benzene rings is 1. The molecule has 1 aromatic carbocycles. The van der Waals surface area contributed by atoms with Crippen LogP contribution >= 0.6 is 0 Å². The molecule has 5 atom stereocenters. The molecule has 2 aromatic rings. The van der Waals surface area contributed by atoms with Crippen molar-refractivity contribution >= 4 is 5.91 Å². The highest BCUT2D eigenvalue weighted by Gasteiger charge is 2.44. The second kappa shape index (κ2) is 8.01. The molecule has 1 fully saturated rings. The van der Waals surface area contributed by atoms with Gasteiger partial charge in [0, 0.05) is 6.04 Å². The van der Waals surface area contributed by atoms with Gasteiger partial charge in [-0.25, -0.2) is 0 Å². The molecule has 1 amide bonds. The van der Waals surface area contributed by atoms with E-state index in [-0.39, 0.29) is 17.7 Å². The zero-order valence-corrected chi connectivity index (χ0v) is 14.4. The Morgan fingerprint density at radius 1 is 1.23 bits per heavy atom. The minimum Gasteiger partial charge on any atom is -0.466 e. The zero-order chi connectivity index (χ0) is 18.7. The van der Waals surface area contributed by atoms with Crippen LogP contribution in [0.5, 0.6) is 0 Å². The number of rotatable bonds is 6. The molecular weight excluding hydrogens is 338 g/mol. The van der Waals surface area contributed by atoms with E-state index in [4.69, 9.17) is 14.3 Å². The molecule has 0 unspecified atom stereocenters. The lowest BCUT2D eigenvalue weighted by molar-refractivity contribution is -0.0290. The van der Waals surface area contributed by atoms with Crippen molar-refractivity contribution in [3.05, 3.63) is 59.5 Å². The molecule has 0 radical (unpaired) electrons. The highest BCUT2D eigenvalue weighted by Crippen LogP contribution is 2.34. The predicted molar refractivity (Wildman–Crippen MR) is 92.5 cm³/mol. The largest absolute Gasteiger partial charge is 0.466 e. The number of carbonyl (C=O) groups excluding carboxylic acids is 1. The van der Waals surface area contributed by atoms with E-state index in [1.165, 1.54) is 12.3 Å². The molecule has 0 bridgehead atoms. The summed E-state index contributed by atoms with van der Waals surface area (Å²) in [7, 11) is 0. The van der Waals surface area contributed by atoms with Crippen LogP contribution in [0.1, 0.15) is 34.7 Å². The van der Waals surface area contributed by atoms with Gasteiger partial charge in [0.15, 0.2) is 0 Å². The lowest BCUT2D eigenvalue weighted by atomic mass is 10.1. The maximum atomic E-state index is 12.4. The Balaban J connectivity index is 1.61. The molecule has 26 heavy (non-hydrogen) atoms. The van der Waals surface area contributed by atoms with Crippen molar-refractivity contribution < 1.29 is 29.3 Å². The summed E-state index contributed by atoms with van der Waals surface area (Å²) in [5.74, 6) is -0.0662. The zero-order valence-electron chi connectivity index (χ0n) is 14.4. The summed E-state index contributed by atoms with van der Waals surface area (Å²) < 4.78 is 10.7. The van der Waals surface area contributed by atoms with Crippen LogP contribution in [0.4, 0.5) is 0 Å². The number of aliphatic hydroxyl groups is 3. The fraction of sp³-hybridized carbons (Fsp3) is 0.421. The number of hydrogen-bond donors (Lipinski definition) is 4. The summed E-state index contributed by atoms with van der Waals surface area (Å²) in [4.78, 5) is 12.4. The van der Waals surface area contributed by atoms with Gasteiger partial charge < -0.3 is 29.8 Å². The first-order chi connectivity index (χ1) is 12.5. The third-order valence-electron chi connectivity index (χ3n) is 4.47. The van der Waals surface area contributed by atoms with Gasteiger partial charge in [-0.05, 0) is 25.0 Å². The van der Waals surface area contributed by atoms with Crippen molar-refractivity contribution in [3.8, 4) is 0 Å². The number of aliphatic hydroxyl groups excluding tert-OH is 3. The Hall–Kier alpha value is -2.19. The summed E-state index contributed by atoms with van der Waals surface area (Å²) in [5, 5.41) is 31.9. The van der Waals surface area contributed by atoms with E-state index in [1.807, 2.05) is 37.3 Å². The first-order valence-corrected chi connectivity index (χ1v) is 8.55. The van der Waals surface area contributed by atoms with Crippen LogP contribution in [-0.4, -0.2) is 52.2 Å². The minimum atomic E-state index is -1.23. The Morgan fingerprint density at radius 2 is 1.96 bits per heavy atom. The minimum absolute atomic E-state index is 0.0721. The lowest BCUT2D eigenvalue weighted by Crippen LogP contribution is -2.33. The molecule has 1 aliphatic heterocycles. The first kappa shape index (κ1) is 18.6. The van der Waals surface area contributed by atoms with Crippen molar-refractivity contribution in [2.75, 3.05) is 6.61 Å². The number of hydrogen-bond acceptors (Lipinski definition) is 6.